The van der Waals surface area contributed by atoms with E-state index in [0.717, 1.165) is 22.4 Å². The number of aryl methyl sites for hydroxylation is 3. The number of primary amides is 1. The molecule has 2 rings (SSSR count). The SMILES string of the molecule is Cc1cccc(-c2c(C)nn(C)c2C(N)=O)c1. The van der Waals surface area contributed by atoms with Crippen molar-refractivity contribution in [3.8, 4) is 11.1 Å². The first-order chi connectivity index (χ1) is 8.00. The Kier molecular flexibility index (Phi) is 2.71. The fourth-order valence-corrected chi connectivity index (χ4v) is 2.09. The molecule has 2 N–H and O–H groups in total. The molecule has 0 fully saturated rings. The second kappa shape index (κ2) is 4.05. The maximum atomic E-state index is 11.5. The van der Waals surface area contributed by atoms with Crippen LogP contribution in [0.15, 0.2) is 24.3 Å². The van der Waals surface area contributed by atoms with Crippen LogP contribution in [0.3, 0.4) is 0 Å². The number of nitrogens with two attached hydrogens (primary N) is 1. The first kappa shape index (κ1) is 11.4. The van der Waals surface area contributed by atoms with Crippen molar-refractivity contribution in [2.24, 2.45) is 12.8 Å². The summed E-state index contributed by atoms with van der Waals surface area (Å²) in [5, 5.41) is 4.25. The number of aromatic nitrogens is 2. The fraction of sp³-hybridized carbons (Fsp3) is 0.231. The van der Waals surface area contributed by atoms with Crippen molar-refractivity contribution in [3.63, 3.8) is 0 Å². The predicted molar refractivity (Wildman–Crippen MR) is 66.6 cm³/mol. The molecule has 0 aliphatic heterocycles. The number of hydrogen-bond donors (Lipinski definition) is 1. The Morgan fingerprint density at radius 3 is 2.65 bits per heavy atom. The largest absolute Gasteiger partial charge is 0.364 e. The minimum absolute atomic E-state index is 0.452. The molecule has 2 aromatic rings. The Hall–Kier alpha value is -2.10. The van der Waals surface area contributed by atoms with Gasteiger partial charge < -0.3 is 5.73 Å². The Morgan fingerprint density at radius 1 is 1.35 bits per heavy atom. The van der Waals surface area contributed by atoms with Crippen LogP contribution in [0.4, 0.5) is 0 Å². The zero-order chi connectivity index (χ0) is 12.6. The van der Waals surface area contributed by atoms with E-state index in [2.05, 4.69) is 5.10 Å². The summed E-state index contributed by atoms with van der Waals surface area (Å²) in [6, 6.07) is 7.96. The molecule has 1 amide bonds. The van der Waals surface area contributed by atoms with E-state index in [1.54, 1.807) is 7.05 Å². The van der Waals surface area contributed by atoms with Crippen molar-refractivity contribution in [2.45, 2.75) is 13.8 Å². The Balaban J connectivity index is 2.70. The molecule has 1 heterocycles. The van der Waals surface area contributed by atoms with Crippen LogP contribution in [0.1, 0.15) is 21.7 Å². The zero-order valence-corrected chi connectivity index (χ0v) is 10.2. The fourth-order valence-electron chi connectivity index (χ4n) is 2.09. The van der Waals surface area contributed by atoms with Crippen molar-refractivity contribution in [1.29, 1.82) is 0 Å². The van der Waals surface area contributed by atoms with Gasteiger partial charge in [0.15, 0.2) is 0 Å². The molecule has 0 atom stereocenters. The number of hydrogen-bond acceptors (Lipinski definition) is 2. The summed E-state index contributed by atoms with van der Waals surface area (Å²) in [6.07, 6.45) is 0. The first-order valence-corrected chi connectivity index (χ1v) is 5.41. The third-order valence-electron chi connectivity index (χ3n) is 2.76. The summed E-state index contributed by atoms with van der Waals surface area (Å²) in [5.74, 6) is -0.454. The van der Waals surface area contributed by atoms with E-state index in [1.807, 2.05) is 38.1 Å². The highest BCUT2D eigenvalue weighted by Gasteiger charge is 2.18. The minimum Gasteiger partial charge on any atom is -0.364 e. The van der Waals surface area contributed by atoms with Crippen LogP contribution in [-0.2, 0) is 7.05 Å². The summed E-state index contributed by atoms with van der Waals surface area (Å²) < 4.78 is 1.54. The monoisotopic (exact) mass is 229 g/mol. The second-order valence-electron chi connectivity index (χ2n) is 4.17. The number of benzene rings is 1. The molecule has 17 heavy (non-hydrogen) atoms. The van der Waals surface area contributed by atoms with Gasteiger partial charge in [-0.3, -0.25) is 9.48 Å². The van der Waals surface area contributed by atoms with E-state index in [4.69, 9.17) is 5.73 Å². The highest BCUT2D eigenvalue weighted by atomic mass is 16.1. The van der Waals surface area contributed by atoms with E-state index >= 15 is 0 Å². The van der Waals surface area contributed by atoms with Gasteiger partial charge in [0.25, 0.3) is 5.91 Å². The highest BCUT2D eigenvalue weighted by molar-refractivity contribution is 5.98. The molecule has 1 aromatic heterocycles. The van der Waals surface area contributed by atoms with Gasteiger partial charge in [-0.15, -0.1) is 0 Å². The molecule has 0 aliphatic carbocycles. The Bertz CT molecular complexity index is 584. The average Bonchev–Trinajstić information content (AvgIpc) is 2.53. The van der Waals surface area contributed by atoms with Crippen molar-refractivity contribution in [3.05, 3.63) is 41.2 Å². The first-order valence-electron chi connectivity index (χ1n) is 5.41. The van der Waals surface area contributed by atoms with Gasteiger partial charge >= 0.3 is 0 Å². The van der Waals surface area contributed by atoms with Crippen LogP contribution < -0.4 is 5.73 Å². The third kappa shape index (κ3) is 1.93. The van der Waals surface area contributed by atoms with Crippen molar-refractivity contribution in [2.75, 3.05) is 0 Å². The lowest BCUT2D eigenvalue weighted by Crippen LogP contribution is -2.16. The lowest BCUT2D eigenvalue weighted by molar-refractivity contribution is 0.0992. The highest BCUT2D eigenvalue weighted by Crippen LogP contribution is 2.27. The van der Waals surface area contributed by atoms with Gasteiger partial charge in [-0.05, 0) is 19.4 Å². The van der Waals surface area contributed by atoms with Crippen LogP contribution in [0.25, 0.3) is 11.1 Å². The van der Waals surface area contributed by atoms with Gasteiger partial charge in [-0.25, -0.2) is 0 Å². The van der Waals surface area contributed by atoms with Crippen molar-refractivity contribution < 1.29 is 4.79 Å². The topological polar surface area (TPSA) is 60.9 Å². The molecular formula is C13H15N3O. The Labute approximate surface area is 100 Å². The molecule has 0 unspecified atom stereocenters. The van der Waals surface area contributed by atoms with Gasteiger partial charge in [0.05, 0.1) is 5.69 Å². The third-order valence-corrected chi connectivity index (χ3v) is 2.76. The molecular weight excluding hydrogens is 214 g/mol. The molecule has 4 heteroatoms. The molecule has 0 radical (unpaired) electrons. The molecule has 0 saturated carbocycles. The van der Waals surface area contributed by atoms with E-state index in [1.165, 1.54) is 4.68 Å². The van der Waals surface area contributed by atoms with Crippen LogP contribution in [0.5, 0.6) is 0 Å². The second-order valence-corrected chi connectivity index (χ2v) is 4.17. The van der Waals surface area contributed by atoms with Crippen LogP contribution in [-0.4, -0.2) is 15.7 Å². The van der Waals surface area contributed by atoms with E-state index in [9.17, 15) is 4.79 Å². The number of rotatable bonds is 2. The smallest absolute Gasteiger partial charge is 0.267 e. The maximum absolute atomic E-state index is 11.5. The van der Waals surface area contributed by atoms with Gasteiger partial charge in [0, 0.05) is 12.6 Å². The van der Waals surface area contributed by atoms with Gasteiger partial charge in [0.2, 0.25) is 0 Å². The van der Waals surface area contributed by atoms with E-state index in [-0.39, 0.29) is 0 Å². The summed E-state index contributed by atoms with van der Waals surface area (Å²) in [7, 11) is 1.73. The van der Waals surface area contributed by atoms with E-state index < -0.39 is 5.91 Å². The molecule has 1 aromatic carbocycles. The summed E-state index contributed by atoms with van der Waals surface area (Å²) >= 11 is 0. The summed E-state index contributed by atoms with van der Waals surface area (Å²) in [5.41, 5.74) is 9.61. The zero-order valence-electron chi connectivity index (χ0n) is 10.2. The standard InChI is InChI=1S/C13H15N3O/c1-8-5-4-6-10(7-8)11-9(2)15-16(3)12(11)13(14)17/h4-7H,1-3H3,(H2,14,17). The lowest BCUT2D eigenvalue weighted by Gasteiger charge is -2.04. The minimum atomic E-state index is -0.454. The molecule has 0 aliphatic rings. The molecule has 0 bridgehead atoms. The van der Waals surface area contributed by atoms with Gasteiger partial charge in [-0.1, -0.05) is 29.8 Å². The van der Waals surface area contributed by atoms with Crippen molar-refractivity contribution in [1.82, 2.24) is 9.78 Å². The quantitative estimate of drug-likeness (QED) is 0.853. The number of amides is 1. The Morgan fingerprint density at radius 2 is 2.06 bits per heavy atom. The van der Waals surface area contributed by atoms with Gasteiger partial charge in [0.1, 0.15) is 5.69 Å². The van der Waals surface area contributed by atoms with E-state index in [0.29, 0.717) is 5.69 Å². The number of carbonyl (C=O) groups excluding carboxylic acids is 1. The van der Waals surface area contributed by atoms with Crippen LogP contribution >= 0.6 is 0 Å². The lowest BCUT2D eigenvalue weighted by atomic mass is 10.0. The molecule has 4 nitrogen and oxygen atoms in total. The number of carbonyl (C=O) groups is 1. The maximum Gasteiger partial charge on any atom is 0.267 e. The van der Waals surface area contributed by atoms with Crippen LogP contribution in [0.2, 0.25) is 0 Å². The molecule has 0 spiro atoms. The van der Waals surface area contributed by atoms with Gasteiger partial charge in [-0.2, -0.15) is 5.10 Å². The van der Waals surface area contributed by atoms with Crippen molar-refractivity contribution >= 4 is 5.91 Å². The number of nitrogens with zero attached hydrogens (tertiary/aromatic N) is 2. The predicted octanol–water partition coefficient (Wildman–Crippen LogP) is 1.80. The molecule has 88 valence electrons. The summed E-state index contributed by atoms with van der Waals surface area (Å²) in [4.78, 5) is 11.5. The summed E-state index contributed by atoms with van der Waals surface area (Å²) in [6.45, 7) is 3.89. The average molecular weight is 229 g/mol. The van der Waals surface area contributed by atoms with Crippen LogP contribution in [0, 0.1) is 13.8 Å². The molecule has 0 saturated heterocycles. The normalized spacial score (nSPS) is 10.5.